The third-order valence-corrected chi connectivity index (χ3v) is 1.57. The molecule has 0 saturated carbocycles. The normalized spacial score (nSPS) is 25.9. The van der Waals surface area contributed by atoms with Gasteiger partial charge >= 0.3 is 0 Å². The number of hydrazine groups is 1. The lowest BCUT2D eigenvalue weighted by Gasteiger charge is -2.16. The van der Waals surface area contributed by atoms with Crippen LogP contribution >= 0.6 is 0 Å². The number of nitrogens with zero attached hydrogens (tertiary/aromatic N) is 2. The largest absolute Gasteiger partial charge is 0.297 e. The molecule has 1 N–H and O–H groups in total. The summed E-state index contributed by atoms with van der Waals surface area (Å²) < 4.78 is 0. The van der Waals surface area contributed by atoms with Crippen molar-refractivity contribution in [2.45, 2.75) is 26.9 Å². The Morgan fingerprint density at radius 2 is 2.20 bits per heavy atom. The molecule has 0 radical (unpaired) electrons. The second-order valence-corrected chi connectivity index (χ2v) is 3.01. The van der Waals surface area contributed by atoms with Gasteiger partial charge in [-0.3, -0.25) is 10.0 Å². The van der Waals surface area contributed by atoms with Crippen molar-refractivity contribution < 1.29 is 0 Å². The summed E-state index contributed by atoms with van der Waals surface area (Å²) in [6.45, 7) is 6.34. The van der Waals surface area contributed by atoms with Crippen LogP contribution in [0.2, 0.25) is 0 Å². The standard InChI is InChI=1S/C7H15N3/c1-5(2)7-8-6(3)9-10(7)4/h5-6,9H,1-4H3. The van der Waals surface area contributed by atoms with Crippen LogP contribution in [-0.4, -0.2) is 24.1 Å². The van der Waals surface area contributed by atoms with Crippen LogP contribution in [0.15, 0.2) is 4.99 Å². The van der Waals surface area contributed by atoms with Gasteiger partial charge in [-0.25, -0.2) is 5.43 Å². The fourth-order valence-corrected chi connectivity index (χ4v) is 1.20. The molecule has 0 spiro atoms. The Balaban J connectivity index is 2.65. The van der Waals surface area contributed by atoms with Crippen molar-refractivity contribution in [2.75, 3.05) is 7.05 Å². The van der Waals surface area contributed by atoms with Gasteiger partial charge in [0.1, 0.15) is 12.0 Å². The lowest BCUT2D eigenvalue weighted by Crippen LogP contribution is -2.37. The van der Waals surface area contributed by atoms with Crippen molar-refractivity contribution in [3.05, 3.63) is 0 Å². The Morgan fingerprint density at radius 3 is 2.40 bits per heavy atom. The molecule has 3 nitrogen and oxygen atoms in total. The molecule has 3 heteroatoms. The molecule has 0 fully saturated rings. The summed E-state index contributed by atoms with van der Waals surface area (Å²) in [6.07, 6.45) is 0.252. The summed E-state index contributed by atoms with van der Waals surface area (Å²) in [5, 5.41) is 2.00. The SMILES string of the molecule is CC1N=C(C(C)C)N(C)N1. The molecular weight excluding hydrogens is 126 g/mol. The molecule has 1 heterocycles. The first-order chi connectivity index (χ1) is 4.61. The van der Waals surface area contributed by atoms with Gasteiger partial charge < -0.3 is 0 Å². The second-order valence-electron chi connectivity index (χ2n) is 3.01. The summed E-state index contributed by atoms with van der Waals surface area (Å²) in [7, 11) is 2.00. The van der Waals surface area contributed by atoms with Crippen LogP contribution in [0.4, 0.5) is 0 Å². The predicted molar refractivity (Wildman–Crippen MR) is 42.6 cm³/mol. The number of rotatable bonds is 1. The topological polar surface area (TPSA) is 27.6 Å². The first kappa shape index (κ1) is 7.54. The average Bonchev–Trinajstić information content (AvgIpc) is 2.10. The van der Waals surface area contributed by atoms with Crippen LogP contribution in [0, 0.1) is 5.92 Å². The molecule has 1 aliphatic heterocycles. The third-order valence-electron chi connectivity index (χ3n) is 1.57. The van der Waals surface area contributed by atoms with E-state index in [9.17, 15) is 0 Å². The Labute approximate surface area is 62.1 Å². The Kier molecular flexibility index (Phi) is 1.94. The van der Waals surface area contributed by atoms with Gasteiger partial charge in [0.2, 0.25) is 0 Å². The van der Waals surface area contributed by atoms with Crippen LogP contribution in [-0.2, 0) is 0 Å². The van der Waals surface area contributed by atoms with Gasteiger partial charge in [0.15, 0.2) is 0 Å². The first-order valence-corrected chi connectivity index (χ1v) is 3.69. The smallest absolute Gasteiger partial charge is 0.117 e. The van der Waals surface area contributed by atoms with Crippen molar-refractivity contribution >= 4 is 5.84 Å². The van der Waals surface area contributed by atoms with Gasteiger partial charge in [-0.15, -0.1) is 0 Å². The van der Waals surface area contributed by atoms with E-state index in [0.29, 0.717) is 5.92 Å². The first-order valence-electron chi connectivity index (χ1n) is 3.69. The van der Waals surface area contributed by atoms with Gasteiger partial charge in [-0.1, -0.05) is 13.8 Å². The lowest BCUT2D eigenvalue weighted by atomic mass is 10.2. The third kappa shape index (κ3) is 1.29. The Morgan fingerprint density at radius 1 is 1.60 bits per heavy atom. The minimum atomic E-state index is 0.252. The highest BCUT2D eigenvalue weighted by Crippen LogP contribution is 2.07. The summed E-state index contributed by atoms with van der Waals surface area (Å²) in [5.41, 5.74) is 3.18. The van der Waals surface area contributed by atoms with Crippen molar-refractivity contribution in [2.24, 2.45) is 10.9 Å². The maximum atomic E-state index is 4.40. The molecule has 1 atom stereocenters. The summed E-state index contributed by atoms with van der Waals surface area (Å²) in [6, 6.07) is 0. The van der Waals surface area contributed by atoms with Crippen LogP contribution in [0.3, 0.4) is 0 Å². The maximum absolute atomic E-state index is 4.40. The van der Waals surface area contributed by atoms with Crippen LogP contribution in [0.25, 0.3) is 0 Å². The van der Waals surface area contributed by atoms with E-state index >= 15 is 0 Å². The molecule has 0 bridgehead atoms. The van der Waals surface area contributed by atoms with Gasteiger partial charge in [-0.2, -0.15) is 0 Å². The molecule has 0 aromatic carbocycles. The second kappa shape index (κ2) is 2.58. The number of aliphatic imine (C=N–C) groups is 1. The van der Waals surface area contributed by atoms with Crippen molar-refractivity contribution in [1.29, 1.82) is 0 Å². The highest BCUT2D eigenvalue weighted by atomic mass is 15.6. The summed E-state index contributed by atoms with van der Waals surface area (Å²) in [5.74, 6) is 1.66. The molecule has 58 valence electrons. The van der Waals surface area contributed by atoms with Gasteiger partial charge in [0.05, 0.1) is 0 Å². The summed E-state index contributed by atoms with van der Waals surface area (Å²) in [4.78, 5) is 4.40. The molecular formula is C7H15N3. The zero-order chi connectivity index (χ0) is 7.72. The fourth-order valence-electron chi connectivity index (χ4n) is 1.20. The van der Waals surface area contributed by atoms with Gasteiger partial charge in [0, 0.05) is 13.0 Å². The van der Waals surface area contributed by atoms with Crippen LogP contribution < -0.4 is 5.43 Å². The maximum Gasteiger partial charge on any atom is 0.117 e. The highest BCUT2D eigenvalue weighted by Gasteiger charge is 2.19. The van der Waals surface area contributed by atoms with E-state index in [2.05, 4.69) is 24.3 Å². The zero-order valence-electron chi connectivity index (χ0n) is 7.05. The van der Waals surface area contributed by atoms with Crippen molar-refractivity contribution in [3.8, 4) is 0 Å². The van der Waals surface area contributed by atoms with E-state index in [1.54, 1.807) is 0 Å². The number of amidine groups is 1. The van der Waals surface area contributed by atoms with Crippen molar-refractivity contribution in [1.82, 2.24) is 10.4 Å². The molecule has 1 unspecified atom stereocenters. The molecule has 0 amide bonds. The molecule has 0 saturated heterocycles. The Hall–Kier alpha value is -0.570. The molecule has 0 aliphatic carbocycles. The molecule has 1 aliphatic rings. The predicted octanol–water partition coefficient (Wildman–Crippen LogP) is 0.837. The lowest BCUT2D eigenvalue weighted by molar-refractivity contribution is 0.352. The summed E-state index contributed by atoms with van der Waals surface area (Å²) >= 11 is 0. The van der Waals surface area contributed by atoms with E-state index in [1.165, 1.54) is 0 Å². The van der Waals surface area contributed by atoms with Crippen molar-refractivity contribution in [3.63, 3.8) is 0 Å². The average molecular weight is 141 g/mol. The minimum Gasteiger partial charge on any atom is -0.297 e. The Bertz CT molecular complexity index is 151. The van der Waals surface area contributed by atoms with Gasteiger partial charge in [0.25, 0.3) is 0 Å². The zero-order valence-corrected chi connectivity index (χ0v) is 7.05. The molecule has 1 rings (SSSR count). The van der Waals surface area contributed by atoms with E-state index in [4.69, 9.17) is 0 Å². The molecule has 0 aromatic rings. The molecule has 0 aromatic heterocycles. The van der Waals surface area contributed by atoms with E-state index in [1.807, 2.05) is 19.0 Å². The quantitative estimate of drug-likeness (QED) is 0.586. The monoisotopic (exact) mass is 141 g/mol. The van der Waals surface area contributed by atoms with Gasteiger partial charge in [-0.05, 0) is 6.92 Å². The minimum absolute atomic E-state index is 0.252. The number of hydrogen-bond donors (Lipinski definition) is 1. The number of hydrogen-bond acceptors (Lipinski definition) is 3. The fraction of sp³-hybridized carbons (Fsp3) is 0.857. The number of nitrogens with one attached hydrogen (secondary N) is 1. The van der Waals surface area contributed by atoms with E-state index in [0.717, 1.165) is 5.84 Å². The van der Waals surface area contributed by atoms with Crippen LogP contribution in [0.5, 0.6) is 0 Å². The van der Waals surface area contributed by atoms with E-state index < -0.39 is 0 Å². The molecule has 10 heavy (non-hydrogen) atoms. The van der Waals surface area contributed by atoms with E-state index in [-0.39, 0.29) is 6.17 Å². The highest BCUT2D eigenvalue weighted by molar-refractivity contribution is 5.84. The van der Waals surface area contributed by atoms with Crippen LogP contribution in [0.1, 0.15) is 20.8 Å².